The summed E-state index contributed by atoms with van der Waals surface area (Å²) in [5.74, 6) is 0.530. The van der Waals surface area contributed by atoms with Crippen molar-refractivity contribution in [3.63, 3.8) is 0 Å². The summed E-state index contributed by atoms with van der Waals surface area (Å²) in [6, 6.07) is 0.220. The number of hydrogen-bond acceptors (Lipinski definition) is 1. The van der Waals surface area contributed by atoms with Crippen LogP contribution >= 0.6 is 0 Å². The monoisotopic (exact) mass is 232 g/mol. The highest BCUT2D eigenvalue weighted by Crippen LogP contribution is 2.40. The fraction of sp³-hybridized carbons (Fsp3) is 0.727. The molecule has 0 radical (unpaired) electrons. The molecule has 0 aliphatic heterocycles. The highest BCUT2D eigenvalue weighted by molar-refractivity contribution is 5.16. The molecule has 90 valence electrons. The van der Waals surface area contributed by atoms with Gasteiger partial charge in [-0.15, -0.1) is 0 Å². The number of hydrogen-bond donors (Lipinski definition) is 0. The van der Waals surface area contributed by atoms with Crippen LogP contribution in [0, 0.1) is 0 Å². The van der Waals surface area contributed by atoms with Gasteiger partial charge in [-0.25, -0.2) is 4.98 Å². The van der Waals surface area contributed by atoms with Gasteiger partial charge in [-0.05, 0) is 12.8 Å². The van der Waals surface area contributed by atoms with Crippen LogP contribution in [0.15, 0.2) is 6.20 Å². The SMILES string of the molecule is CC(C)(C)c1nc(C(F)(F)F)cn1C1CC1. The van der Waals surface area contributed by atoms with Crippen molar-refractivity contribution in [2.45, 2.75) is 51.2 Å². The molecular formula is C11H15F3N2. The van der Waals surface area contributed by atoms with E-state index in [-0.39, 0.29) is 11.5 Å². The van der Waals surface area contributed by atoms with E-state index in [1.807, 2.05) is 20.8 Å². The summed E-state index contributed by atoms with van der Waals surface area (Å²) in [7, 11) is 0. The second-order valence-electron chi connectivity index (χ2n) is 5.34. The molecule has 2 nitrogen and oxygen atoms in total. The number of imidazole rings is 1. The summed E-state index contributed by atoms with van der Waals surface area (Å²) in [6.07, 6.45) is -1.29. The zero-order valence-electron chi connectivity index (χ0n) is 9.60. The van der Waals surface area contributed by atoms with Gasteiger partial charge in [0.15, 0.2) is 5.69 Å². The normalized spacial score (nSPS) is 17.9. The smallest absolute Gasteiger partial charge is 0.331 e. The van der Waals surface area contributed by atoms with Gasteiger partial charge in [0.05, 0.1) is 0 Å². The molecule has 0 spiro atoms. The van der Waals surface area contributed by atoms with Crippen LogP contribution in [0.1, 0.15) is 51.2 Å². The maximum Gasteiger partial charge on any atom is 0.434 e. The molecule has 1 aromatic heterocycles. The summed E-state index contributed by atoms with van der Waals surface area (Å²) in [4.78, 5) is 3.75. The number of rotatable bonds is 1. The molecule has 0 atom stereocenters. The number of halogens is 3. The van der Waals surface area contributed by atoms with E-state index in [1.54, 1.807) is 4.57 Å². The summed E-state index contributed by atoms with van der Waals surface area (Å²) in [6.45, 7) is 5.65. The van der Waals surface area contributed by atoms with Gasteiger partial charge in [0, 0.05) is 17.7 Å². The van der Waals surface area contributed by atoms with E-state index in [2.05, 4.69) is 4.98 Å². The van der Waals surface area contributed by atoms with Crippen molar-refractivity contribution >= 4 is 0 Å². The van der Waals surface area contributed by atoms with Gasteiger partial charge in [0.25, 0.3) is 0 Å². The molecule has 1 fully saturated rings. The highest BCUT2D eigenvalue weighted by Gasteiger charge is 2.39. The molecule has 1 heterocycles. The topological polar surface area (TPSA) is 17.8 Å². The number of nitrogens with zero attached hydrogens (tertiary/aromatic N) is 2. The van der Waals surface area contributed by atoms with E-state index in [9.17, 15) is 13.2 Å². The van der Waals surface area contributed by atoms with Crippen LogP contribution in [0.5, 0.6) is 0 Å². The molecule has 0 N–H and O–H groups in total. The Balaban J connectivity index is 2.46. The first kappa shape index (κ1) is 11.5. The molecule has 1 aromatic rings. The lowest BCUT2D eigenvalue weighted by molar-refractivity contribution is -0.141. The lowest BCUT2D eigenvalue weighted by atomic mass is 9.95. The minimum Gasteiger partial charge on any atom is -0.331 e. The van der Waals surface area contributed by atoms with Gasteiger partial charge >= 0.3 is 6.18 Å². The number of alkyl halides is 3. The average molecular weight is 232 g/mol. The molecule has 0 saturated heterocycles. The second kappa shape index (κ2) is 3.25. The predicted molar refractivity (Wildman–Crippen MR) is 54.2 cm³/mol. The Bertz CT molecular complexity index is 394. The Hall–Kier alpha value is -1.00. The summed E-state index contributed by atoms with van der Waals surface area (Å²) in [5.41, 5.74) is -1.13. The third-order valence-corrected chi connectivity index (χ3v) is 2.63. The molecular weight excluding hydrogens is 217 g/mol. The first-order chi connectivity index (χ1) is 7.19. The molecule has 0 aromatic carbocycles. The summed E-state index contributed by atoms with van der Waals surface area (Å²) < 4.78 is 39.4. The lowest BCUT2D eigenvalue weighted by Crippen LogP contribution is -2.18. The fourth-order valence-corrected chi connectivity index (χ4v) is 1.72. The Morgan fingerprint density at radius 3 is 2.19 bits per heavy atom. The van der Waals surface area contributed by atoms with Gasteiger partial charge in [0.2, 0.25) is 0 Å². The van der Waals surface area contributed by atoms with Crippen molar-refractivity contribution in [3.8, 4) is 0 Å². The number of aromatic nitrogens is 2. The van der Waals surface area contributed by atoms with Crippen LogP contribution in [0.2, 0.25) is 0 Å². The van der Waals surface area contributed by atoms with Crippen LogP contribution in [0.25, 0.3) is 0 Å². The Kier molecular flexibility index (Phi) is 2.33. The molecule has 0 amide bonds. The lowest BCUT2D eigenvalue weighted by Gasteiger charge is -2.19. The van der Waals surface area contributed by atoms with E-state index in [4.69, 9.17) is 0 Å². The maximum absolute atomic E-state index is 12.6. The Morgan fingerprint density at radius 1 is 1.25 bits per heavy atom. The molecule has 1 aliphatic carbocycles. The van der Waals surface area contributed by atoms with E-state index in [1.165, 1.54) is 0 Å². The largest absolute Gasteiger partial charge is 0.434 e. The quantitative estimate of drug-likeness (QED) is 0.724. The van der Waals surface area contributed by atoms with E-state index in [0.717, 1.165) is 19.0 Å². The second-order valence-corrected chi connectivity index (χ2v) is 5.34. The van der Waals surface area contributed by atoms with Crippen molar-refractivity contribution in [2.24, 2.45) is 0 Å². The molecule has 2 rings (SSSR count). The zero-order valence-corrected chi connectivity index (χ0v) is 9.60. The van der Waals surface area contributed by atoms with Crippen molar-refractivity contribution in [3.05, 3.63) is 17.7 Å². The summed E-state index contributed by atoms with van der Waals surface area (Å²) >= 11 is 0. The van der Waals surface area contributed by atoms with Crippen LogP contribution in [-0.4, -0.2) is 9.55 Å². The minimum absolute atomic E-state index is 0.220. The Labute approximate surface area is 92.5 Å². The Morgan fingerprint density at radius 2 is 1.81 bits per heavy atom. The summed E-state index contributed by atoms with van der Waals surface area (Å²) in [5, 5.41) is 0. The predicted octanol–water partition coefficient (Wildman–Crippen LogP) is 3.53. The van der Waals surface area contributed by atoms with Gasteiger partial charge in [0.1, 0.15) is 5.82 Å². The van der Waals surface area contributed by atoms with E-state index >= 15 is 0 Å². The van der Waals surface area contributed by atoms with Crippen molar-refractivity contribution in [1.82, 2.24) is 9.55 Å². The molecule has 1 aliphatic rings. The van der Waals surface area contributed by atoms with Gasteiger partial charge in [-0.2, -0.15) is 13.2 Å². The van der Waals surface area contributed by atoms with Crippen LogP contribution in [0.3, 0.4) is 0 Å². The molecule has 5 heteroatoms. The van der Waals surface area contributed by atoms with Crippen LogP contribution in [-0.2, 0) is 11.6 Å². The van der Waals surface area contributed by atoms with Crippen molar-refractivity contribution in [1.29, 1.82) is 0 Å². The highest BCUT2D eigenvalue weighted by atomic mass is 19.4. The van der Waals surface area contributed by atoms with Gasteiger partial charge in [-0.3, -0.25) is 0 Å². The van der Waals surface area contributed by atoms with E-state index in [0.29, 0.717) is 5.82 Å². The third-order valence-electron chi connectivity index (χ3n) is 2.63. The maximum atomic E-state index is 12.6. The fourth-order valence-electron chi connectivity index (χ4n) is 1.72. The standard InChI is InChI=1S/C11H15F3N2/c1-10(2,3)9-15-8(11(12,13)14)6-16(9)7-4-5-7/h6-7H,4-5H2,1-3H3. The zero-order chi connectivity index (χ0) is 12.1. The first-order valence-corrected chi connectivity index (χ1v) is 5.36. The molecule has 0 unspecified atom stereocenters. The van der Waals surface area contributed by atoms with Gasteiger partial charge in [-0.1, -0.05) is 20.8 Å². The van der Waals surface area contributed by atoms with Crippen molar-refractivity contribution in [2.75, 3.05) is 0 Å². The van der Waals surface area contributed by atoms with Crippen LogP contribution in [0.4, 0.5) is 13.2 Å². The van der Waals surface area contributed by atoms with Crippen LogP contribution < -0.4 is 0 Å². The molecule has 1 saturated carbocycles. The van der Waals surface area contributed by atoms with Gasteiger partial charge < -0.3 is 4.57 Å². The first-order valence-electron chi connectivity index (χ1n) is 5.36. The molecule has 16 heavy (non-hydrogen) atoms. The molecule has 0 bridgehead atoms. The third kappa shape index (κ3) is 2.08. The average Bonchev–Trinajstić information content (AvgIpc) is 2.79. The van der Waals surface area contributed by atoms with Crippen molar-refractivity contribution < 1.29 is 13.2 Å². The minimum atomic E-state index is -4.35. The van der Waals surface area contributed by atoms with E-state index < -0.39 is 11.9 Å².